The molecule has 0 aliphatic carbocycles. The van der Waals surface area contributed by atoms with E-state index in [-0.39, 0.29) is 21.5 Å². The molecule has 0 heterocycles. The van der Waals surface area contributed by atoms with Crippen molar-refractivity contribution in [3.63, 3.8) is 0 Å². The number of rotatable bonds is 5. The summed E-state index contributed by atoms with van der Waals surface area (Å²) in [4.78, 5) is 12.5. The van der Waals surface area contributed by atoms with Gasteiger partial charge in [0, 0.05) is 6.26 Å². The number of aryl methyl sites for hydroxylation is 1. The third-order valence-electron chi connectivity index (χ3n) is 3.85. The number of benzene rings is 2. The zero-order chi connectivity index (χ0) is 17.9. The molecule has 128 valence electrons. The molecular formula is C18H20ClNO3S. The van der Waals surface area contributed by atoms with Crippen LogP contribution in [-0.4, -0.2) is 20.6 Å². The van der Waals surface area contributed by atoms with E-state index in [0.29, 0.717) is 0 Å². The summed E-state index contributed by atoms with van der Waals surface area (Å²) < 4.78 is 23.3. The second kappa shape index (κ2) is 7.36. The molecule has 1 N–H and O–H groups in total. The first-order valence-corrected chi connectivity index (χ1v) is 9.88. The van der Waals surface area contributed by atoms with E-state index < -0.39 is 15.7 Å². The van der Waals surface area contributed by atoms with E-state index in [1.165, 1.54) is 23.8 Å². The molecule has 0 spiro atoms. The first kappa shape index (κ1) is 18.5. The van der Waals surface area contributed by atoms with Gasteiger partial charge in [-0.05, 0) is 42.7 Å². The third kappa shape index (κ3) is 4.36. The monoisotopic (exact) mass is 365 g/mol. The molecule has 2 aromatic rings. The molecule has 1 unspecified atom stereocenters. The predicted molar refractivity (Wildman–Crippen MR) is 96.3 cm³/mol. The zero-order valence-electron chi connectivity index (χ0n) is 13.8. The van der Waals surface area contributed by atoms with Crippen LogP contribution in [0.1, 0.15) is 41.4 Å². The van der Waals surface area contributed by atoms with Crippen molar-refractivity contribution in [3.8, 4) is 0 Å². The molecule has 4 nitrogen and oxygen atoms in total. The van der Waals surface area contributed by atoms with E-state index in [4.69, 9.17) is 11.6 Å². The minimum Gasteiger partial charge on any atom is -0.345 e. The second-order valence-electron chi connectivity index (χ2n) is 5.70. The predicted octanol–water partition coefficient (Wildman–Crippen LogP) is 3.80. The van der Waals surface area contributed by atoms with Crippen molar-refractivity contribution in [3.05, 3.63) is 64.2 Å². The SMILES string of the molecule is CCc1ccc(C(C)NC(=O)c2cc(S(C)(=O)=O)ccc2Cl)cc1. The molecule has 0 saturated carbocycles. The molecule has 0 aliphatic heterocycles. The Morgan fingerprint density at radius 3 is 2.33 bits per heavy atom. The van der Waals surface area contributed by atoms with Gasteiger partial charge in [0.25, 0.3) is 5.91 Å². The van der Waals surface area contributed by atoms with Gasteiger partial charge >= 0.3 is 0 Å². The van der Waals surface area contributed by atoms with Gasteiger partial charge in [-0.25, -0.2) is 8.42 Å². The van der Waals surface area contributed by atoms with Gasteiger partial charge in [0.15, 0.2) is 9.84 Å². The summed E-state index contributed by atoms with van der Waals surface area (Å²) in [6.07, 6.45) is 2.05. The van der Waals surface area contributed by atoms with Crippen molar-refractivity contribution in [2.45, 2.75) is 31.2 Å². The zero-order valence-corrected chi connectivity index (χ0v) is 15.4. The van der Waals surface area contributed by atoms with Crippen LogP contribution in [0, 0.1) is 0 Å². The van der Waals surface area contributed by atoms with Gasteiger partial charge in [0.1, 0.15) is 0 Å². The van der Waals surface area contributed by atoms with Crippen LogP contribution >= 0.6 is 11.6 Å². The standard InChI is InChI=1S/C18H20ClNO3S/c1-4-13-5-7-14(8-6-13)12(2)20-18(21)16-11-15(24(3,22)23)9-10-17(16)19/h5-12H,4H2,1-3H3,(H,20,21). The summed E-state index contributed by atoms with van der Waals surface area (Å²) in [6.45, 7) is 3.95. The molecule has 2 rings (SSSR count). The lowest BCUT2D eigenvalue weighted by atomic mass is 10.0. The number of sulfone groups is 1. The Hall–Kier alpha value is -1.85. The maximum absolute atomic E-state index is 12.5. The molecule has 0 radical (unpaired) electrons. The Morgan fingerprint density at radius 2 is 1.79 bits per heavy atom. The maximum atomic E-state index is 12.5. The number of hydrogen-bond donors (Lipinski definition) is 1. The van der Waals surface area contributed by atoms with Gasteiger partial charge in [-0.2, -0.15) is 0 Å². The number of carbonyl (C=O) groups excluding carboxylic acids is 1. The van der Waals surface area contributed by atoms with Crippen molar-refractivity contribution in [1.29, 1.82) is 0 Å². The summed E-state index contributed by atoms with van der Waals surface area (Å²) in [5, 5.41) is 3.07. The van der Waals surface area contributed by atoms with Crippen LogP contribution in [0.15, 0.2) is 47.4 Å². The van der Waals surface area contributed by atoms with E-state index in [9.17, 15) is 13.2 Å². The van der Waals surface area contributed by atoms with Crippen molar-refractivity contribution in [1.82, 2.24) is 5.32 Å². The number of halogens is 1. The van der Waals surface area contributed by atoms with Gasteiger partial charge in [-0.3, -0.25) is 4.79 Å². The van der Waals surface area contributed by atoms with Crippen molar-refractivity contribution >= 4 is 27.3 Å². The lowest BCUT2D eigenvalue weighted by Gasteiger charge is -2.16. The van der Waals surface area contributed by atoms with E-state index in [2.05, 4.69) is 12.2 Å². The summed E-state index contributed by atoms with van der Waals surface area (Å²) in [6, 6.07) is 11.9. The molecule has 24 heavy (non-hydrogen) atoms. The Balaban J connectivity index is 2.22. The Labute approximate surface area is 147 Å². The lowest BCUT2D eigenvalue weighted by molar-refractivity contribution is 0.0940. The highest BCUT2D eigenvalue weighted by atomic mass is 35.5. The summed E-state index contributed by atoms with van der Waals surface area (Å²) in [5.41, 5.74) is 2.34. The highest BCUT2D eigenvalue weighted by Crippen LogP contribution is 2.22. The van der Waals surface area contributed by atoms with Crippen LogP contribution in [0.5, 0.6) is 0 Å². The minimum atomic E-state index is -3.40. The quantitative estimate of drug-likeness (QED) is 0.876. The molecule has 2 aromatic carbocycles. The van der Waals surface area contributed by atoms with E-state index in [1.807, 2.05) is 31.2 Å². The van der Waals surface area contributed by atoms with E-state index in [0.717, 1.165) is 18.2 Å². The van der Waals surface area contributed by atoms with Crippen LogP contribution in [-0.2, 0) is 16.3 Å². The topological polar surface area (TPSA) is 63.2 Å². The molecule has 0 aromatic heterocycles. The number of hydrogen-bond acceptors (Lipinski definition) is 3. The van der Waals surface area contributed by atoms with Crippen molar-refractivity contribution in [2.75, 3.05) is 6.26 Å². The highest BCUT2D eigenvalue weighted by molar-refractivity contribution is 7.90. The lowest BCUT2D eigenvalue weighted by Crippen LogP contribution is -2.27. The van der Waals surface area contributed by atoms with Crippen LogP contribution in [0.3, 0.4) is 0 Å². The second-order valence-corrected chi connectivity index (χ2v) is 8.13. The van der Waals surface area contributed by atoms with Gasteiger partial charge < -0.3 is 5.32 Å². The molecule has 1 amide bonds. The van der Waals surface area contributed by atoms with Gasteiger partial charge in [-0.15, -0.1) is 0 Å². The van der Waals surface area contributed by atoms with Crippen LogP contribution in [0.2, 0.25) is 5.02 Å². The average molecular weight is 366 g/mol. The largest absolute Gasteiger partial charge is 0.345 e. The van der Waals surface area contributed by atoms with E-state index in [1.54, 1.807) is 0 Å². The Kier molecular flexibility index (Phi) is 5.67. The van der Waals surface area contributed by atoms with Gasteiger partial charge in [-0.1, -0.05) is 42.8 Å². The molecular weight excluding hydrogens is 346 g/mol. The molecule has 0 fully saturated rings. The first-order chi connectivity index (χ1) is 11.2. The molecule has 1 atom stereocenters. The van der Waals surface area contributed by atoms with Gasteiger partial charge in [0.05, 0.1) is 21.5 Å². The number of amides is 1. The Morgan fingerprint density at radius 1 is 1.17 bits per heavy atom. The number of carbonyl (C=O) groups is 1. The minimum absolute atomic E-state index is 0.0667. The fourth-order valence-electron chi connectivity index (χ4n) is 2.31. The molecule has 0 aliphatic rings. The average Bonchev–Trinajstić information content (AvgIpc) is 2.54. The van der Waals surface area contributed by atoms with Crippen molar-refractivity contribution < 1.29 is 13.2 Å². The van der Waals surface area contributed by atoms with Crippen LogP contribution in [0.4, 0.5) is 0 Å². The van der Waals surface area contributed by atoms with Gasteiger partial charge in [0.2, 0.25) is 0 Å². The number of nitrogens with one attached hydrogen (secondary N) is 1. The normalized spacial score (nSPS) is 12.7. The molecule has 6 heteroatoms. The Bertz CT molecular complexity index is 845. The summed E-state index contributed by atoms with van der Waals surface area (Å²) in [7, 11) is -3.40. The summed E-state index contributed by atoms with van der Waals surface area (Å²) in [5.74, 6) is -0.405. The highest BCUT2D eigenvalue weighted by Gasteiger charge is 2.17. The smallest absolute Gasteiger partial charge is 0.253 e. The first-order valence-electron chi connectivity index (χ1n) is 7.61. The van der Waals surface area contributed by atoms with Crippen LogP contribution in [0.25, 0.3) is 0 Å². The maximum Gasteiger partial charge on any atom is 0.253 e. The summed E-state index contributed by atoms with van der Waals surface area (Å²) >= 11 is 6.05. The third-order valence-corrected chi connectivity index (χ3v) is 5.29. The van der Waals surface area contributed by atoms with E-state index >= 15 is 0 Å². The van der Waals surface area contributed by atoms with Crippen LogP contribution < -0.4 is 5.32 Å². The fourth-order valence-corrected chi connectivity index (χ4v) is 3.16. The molecule has 0 bridgehead atoms. The van der Waals surface area contributed by atoms with Crippen molar-refractivity contribution in [2.24, 2.45) is 0 Å². The fraction of sp³-hybridized carbons (Fsp3) is 0.278. The molecule has 0 saturated heterocycles.